The highest BCUT2D eigenvalue weighted by Crippen LogP contribution is 2.41. The van der Waals surface area contributed by atoms with Gasteiger partial charge in [0.15, 0.2) is 0 Å². The van der Waals surface area contributed by atoms with Crippen LogP contribution in [0.2, 0.25) is 0 Å². The molecule has 1 saturated carbocycles. The van der Waals surface area contributed by atoms with E-state index < -0.39 is 6.09 Å². The van der Waals surface area contributed by atoms with Crippen molar-refractivity contribution in [3.8, 4) is 5.75 Å². The van der Waals surface area contributed by atoms with Crippen molar-refractivity contribution in [1.29, 1.82) is 0 Å². The smallest absolute Gasteiger partial charge is 0.404 e. The molecule has 22 heavy (non-hydrogen) atoms. The molecule has 2 atom stereocenters. The molecular formula is C17H16FNO3. The van der Waals surface area contributed by atoms with E-state index in [1.54, 1.807) is 18.2 Å². The molecule has 0 spiro atoms. The highest BCUT2D eigenvalue weighted by molar-refractivity contribution is 5.65. The minimum Gasteiger partial charge on any atom is -0.489 e. The number of carbonyl (C=O) groups is 1. The zero-order valence-corrected chi connectivity index (χ0v) is 11.8. The molecule has 0 heterocycles. The van der Waals surface area contributed by atoms with Crippen molar-refractivity contribution in [2.24, 2.45) is 0 Å². The molecule has 1 aliphatic carbocycles. The molecule has 114 valence electrons. The molecule has 0 bridgehead atoms. The van der Waals surface area contributed by atoms with E-state index >= 15 is 0 Å². The monoisotopic (exact) mass is 301 g/mol. The van der Waals surface area contributed by atoms with E-state index in [0.717, 1.165) is 12.0 Å². The Balaban J connectivity index is 1.56. The minimum atomic E-state index is -0.989. The van der Waals surface area contributed by atoms with Gasteiger partial charge < -0.3 is 15.2 Å². The first kappa shape index (κ1) is 14.4. The topological polar surface area (TPSA) is 58.6 Å². The van der Waals surface area contributed by atoms with E-state index in [0.29, 0.717) is 11.3 Å². The number of nitrogens with one attached hydrogen (secondary N) is 1. The van der Waals surface area contributed by atoms with Crippen LogP contribution >= 0.6 is 0 Å². The van der Waals surface area contributed by atoms with Crippen LogP contribution in [0.15, 0.2) is 48.5 Å². The number of rotatable bonds is 5. The summed E-state index contributed by atoms with van der Waals surface area (Å²) >= 11 is 0. The third kappa shape index (κ3) is 3.36. The number of ether oxygens (including phenoxy) is 1. The lowest BCUT2D eigenvalue weighted by atomic mass is 10.1. The van der Waals surface area contributed by atoms with E-state index in [9.17, 15) is 9.18 Å². The fourth-order valence-corrected chi connectivity index (χ4v) is 2.47. The maximum atomic E-state index is 13.5. The number of hydrogen-bond acceptors (Lipinski definition) is 2. The molecule has 2 aromatic rings. The largest absolute Gasteiger partial charge is 0.489 e. The predicted octanol–water partition coefficient (Wildman–Crippen LogP) is 3.53. The molecule has 1 aliphatic rings. The Hall–Kier alpha value is -2.56. The summed E-state index contributed by atoms with van der Waals surface area (Å²) in [7, 11) is 0. The maximum Gasteiger partial charge on any atom is 0.404 e. The average Bonchev–Trinajstić information content (AvgIpc) is 3.25. The lowest BCUT2D eigenvalue weighted by Crippen LogP contribution is -2.24. The van der Waals surface area contributed by atoms with Crippen LogP contribution in [0.1, 0.15) is 23.5 Å². The van der Waals surface area contributed by atoms with Gasteiger partial charge in [-0.3, -0.25) is 0 Å². The van der Waals surface area contributed by atoms with Gasteiger partial charge in [-0.05, 0) is 30.2 Å². The Kier molecular flexibility index (Phi) is 3.96. The molecule has 1 fully saturated rings. The van der Waals surface area contributed by atoms with Gasteiger partial charge in [0.2, 0.25) is 0 Å². The maximum absolute atomic E-state index is 13.5. The SMILES string of the molecule is O=C(O)NC1CC1c1ccc(OCc2ccccc2F)cc1. The van der Waals surface area contributed by atoms with Crippen molar-refractivity contribution in [3.05, 3.63) is 65.5 Å². The van der Waals surface area contributed by atoms with Crippen LogP contribution in [0, 0.1) is 5.82 Å². The fourth-order valence-electron chi connectivity index (χ4n) is 2.47. The van der Waals surface area contributed by atoms with Crippen LogP contribution < -0.4 is 10.1 Å². The zero-order chi connectivity index (χ0) is 15.5. The fraction of sp³-hybridized carbons (Fsp3) is 0.235. The van der Waals surface area contributed by atoms with Gasteiger partial charge in [-0.15, -0.1) is 0 Å². The second kappa shape index (κ2) is 6.05. The van der Waals surface area contributed by atoms with E-state index in [1.165, 1.54) is 6.07 Å². The number of halogens is 1. The van der Waals surface area contributed by atoms with Crippen LogP contribution in [0.4, 0.5) is 9.18 Å². The Morgan fingerprint density at radius 2 is 1.95 bits per heavy atom. The zero-order valence-electron chi connectivity index (χ0n) is 11.8. The Labute approximate surface area is 127 Å². The number of benzene rings is 2. The van der Waals surface area contributed by atoms with E-state index in [2.05, 4.69) is 5.32 Å². The van der Waals surface area contributed by atoms with Crippen LogP contribution in [-0.2, 0) is 6.61 Å². The summed E-state index contributed by atoms with van der Waals surface area (Å²) < 4.78 is 19.1. The summed E-state index contributed by atoms with van der Waals surface area (Å²) in [6.07, 6.45) is -0.167. The van der Waals surface area contributed by atoms with Crippen molar-refractivity contribution in [1.82, 2.24) is 5.32 Å². The Morgan fingerprint density at radius 1 is 1.23 bits per heavy atom. The normalized spacial score (nSPS) is 19.5. The van der Waals surface area contributed by atoms with Gasteiger partial charge in [0.1, 0.15) is 18.2 Å². The van der Waals surface area contributed by atoms with Crippen molar-refractivity contribution in [2.45, 2.75) is 25.0 Å². The summed E-state index contributed by atoms with van der Waals surface area (Å²) in [6.45, 7) is 0.179. The molecule has 3 rings (SSSR count). The molecule has 0 radical (unpaired) electrons. The highest BCUT2D eigenvalue weighted by atomic mass is 19.1. The first-order valence-electron chi connectivity index (χ1n) is 7.09. The molecule has 4 nitrogen and oxygen atoms in total. The van der Waals surface area contributed by atoms with Gasteiger partial charge >= 0.3 is 6.09 Å². The van der Waals surface area contributed by atoms with Gasteiger partial charge in [0, 0.05) is 17.5 Å². The molecule has 0 aromatic heterocycles. The Bertz CT molecular complexity index is 672. The quantitative estimate of drug-likeness (QED) is 0.888. The lowest BCUT2D eigenvalue weighted by molar-refractivity contribution is 0.193. The Morgan fingerprint density at radius 3 is 2.64 bits per heavy atom. The van der Waals surface area contributed by atoms with Gasteiger partial charge in [-0.1, -0.05) is 30.3 Å². The average molecular weight is 301 g/mol. The molecule has 2 N–H and O–H groups in total. The van der Waals surface area contributed by atoms with Crippen molar-refractivity contribution >= 4 is 6.09 Å². The number of hydrogen-bond donors (Lipinski definition) is 2. The number of carboxylic acid groups (broad SMARTS) is 1. The van der Waals surface area contributed by atoms with Gasteiger partial charge in [0.05, 0.1) is 0 Å². The minimum absolute atomic E-state index is 0.00248. The predicted molar refractivity (Wildman–Crippen MR) is 79.5 cm³/mol. The molecule has 2 unspecified atom stereocenters. The van der Waals surface area contributed by atoms with Crippen molar-refractivity contribution in [3.63, 3.8) is 0 Å². The van der Waals surface area contributed by atoms with E-state index in [4.69, 9.17) is 9.84 Å². The summed E-state index contributed by atoms with van der Waals surface area (Å²) in [5.74, 6) is 0.617. The van der Waals surface area contributed by atoms with Gasteiger partial charge in [-0.2, -0.15) is 0 Å². The van der Waals surface area contributed by atoms with Crippen molar-refractivity contribution < 1.29 is 19.0 Å². The second-order valence-electron chi connectivity index (χ2n) is 5.35. The molecule has 1 amide bonds. The third-order valence-electron chi connectivity index (χ3n) is 3.76. The van der Waals surface area contributed by atoms with Crippen LogP contribution in [0.5, 0.6) is 5.75 Å². The summed E-state index contributed by atoms with van der Waals surface area (Å²) in [6, 6.07) is 14.0. The third-order valence-corrected chi connectivity index (χ3v) is 3.76. The second-order valence-corrected chi connectivity index (χ2v) is 5.35. The first-order chi connectivity index (χ1) is 10.6. The first-order valence-corrected chi connectivity index (χ1v) is 7.09. The van der Waals surface area contributed by atoms with Crippen LogP contribution in [-0.4, -0.2) is 17.2 Å². The van der Waals surface area contributed by atoms with Crippen molar-refractivity contribution in [2.75, 3.05) is 0 Å². The van der Waals surface area contributed by atoms with Crippen LogP contribution in [0.25, 0.3) is 0 Å². The summed E-state index contributed by atoms with van der Waals surface area (Å²) in [5, 5.41) is 11.1. The summed E-state index contributed by atoms with van der Waals surface area (Å²) in [4.78, 5) is 10.6. The highest BCUT2D eigenvalue weighted by Gasteiger charge is 2.39. The van der Waals surface area contributed by atoms with Gasteiger partial charge in [-0.25, -0.2) is 9.18 Å². The summed E-state index contributed by atoms with van der Waals surface area (Å²) in [5.41, 5.74) is 1.59. The molecule has 0 aliphatic heterocycles. The molecule has 2 aromatic carbocycles. The molecular weight excluding hydrogens is 285 g/mol. The molecule has 5 heteroatoms. The standard InChI is InChI=1S/C17H16FNO3/c18-15-4-2-1-3-12(15)10-22-13-7-5-11(6-8-13)14-9-16(14)19-17(20)21/h1-8,14,16,19H,9-10H2,(H,20,21). The van der Waals surface area contributed by atoms with Crippen LogP contribution in [0.3, 0.4) is 0 Å². The van der Waals surface area contributed by atoms with E-state index in [1.807, 2.05) is 24.3 Å². The number of amides is 1. The van der Waals surface area contributed by atoms with Gasteiger partial charge in [0.25, 0.3) is 0 Å². The lowest BCUT2D eigenvalue weighted by Gasteiger charge is -2.08. The van der Waals surface area contributed by atoms with E-state index in [-0.39, 0.29) is 24.4 Å². The molecule has 0 saturated heterocycles.